The van der Waals surface area contributed by atoms with E-state index >= 15 is 0 Å². The first-order valence-corrected chi connectivity index (χ1v) is 7.90. The van der Waals surface area contributed by atoms with Gasteiger partial charge in [-0.25, -0.2) is 0 Å². The van der Waals surface area contributed by atoms with Crippen LogP contribution in [0.25, 0.3) is 0 Å². The number of rotatable bonds is 6. The second-order valence-electron chi connectivity index (χ2n) is 4.39. The average molecular weight is 341 g/mol. The molecular weight excluding hydrogens is 324 g/mol. The lowest BCUT2D eigenvalue weighted by molar-refractivity contribution is 0.307. The zero-order valence-electron chi connectivity index (χ0n) is 10.8. The molecule has 0 amide bonds. The third kappa shape index (κ3) is 4.30. The topological polar surface area (TPSA) is 48.1 Å². The van der Waals surface area contributed by atoms with Crippen LogP contribution in [0.3, 0.4) is 0 Å². The lowest BCUT2D eigenvalue weighted by Gasteiger charge is -2.11. The van der Waals surface area contributed by atoms with Crippen molar-refractivity contribution in [1.82, 2.24) is 4.98 Å². The van der Waals surface area contributed by atoms with Crippen molar-refractivity contribution in [3.63, 3.8) is 0 Å². The number of ether oxygens (including phenoxy) is 1. The molecule has 0 saturated carbocycles. The summed E-state index contributed by atoms with van der Waals surface area (Å²) >= 11 is 5.14. The summed E-state index contributed by atoms with van der Waals surface area (Å²) in [4.78, 5) is 5.14. The molecule has 3 nitrogen and oxygen atoms in total. The molecule has 19 heavy (non-hydrogen) atoms. The number of nitrogens with zero attached hydrogens (tertiary/aromatic N) is 1. The minimum atomic E-state index is 0.218. The summed E-state index contributed by atoms with van der Waals surface area (Å²) < 4.78 is 6.73. The summed E-state index contributed by atoms with van der Waals surface area (Å²) in [5, 5.41) is 0. The number of halogens is 1. The molecule has 1 aromatic heterocycles. The zero-order chi connectivity index (χ0) is 13.7. The van der Waals surface area contributed by atoms with Crippen molar-refractivity contribution in [2.45, 2.75) is 32.4 Å². The first-order valence-electron chi connectivity index (χ1n) is 6.23. The Kier molecular flexibility index (Phi) is 5.36. The Bertz CT molecular complexity index is 516. The maximum absolute atomic E-state index is 5.96. The van der Waals surface area contributed by atoms with Crippen molar-refractivity contribution >= 4 is 27.3 Å². The van der Waals surface area contributed by atoms with Crippen molar-refractivity contribution in [3.8, 4) is 5.75 Å². The minimum Gasteiger partial charge on any atom is -0.487 e. The highest BCUT2D eigenvalue weighted by Gasteiger charge is 2.06. The fraction of sp³-hybridized carbons (Fsp3) is 0.357. The second-order valence-corrected chi connectivity index (χ2v) is 6.22. The van der Waals surface area contributed by atoms with Crippen molar-refractivity contribution < 1.29 is 4.74 Å². The number of hydrogen-bond donors (Lipinski definition) is 1. The quantitative estimate of drug-likeness (QED) is 0.870. The summed E-state index contributed by atoms with van der Waals surface area (Å²) in [6.07, 6.45) is 3.71. The van der Waals surface area contributed by atoms with Crippen molar-refractivity contribution in [3.05, 3.63) is 44.8 Å². The molecule has 102 valence electrons. The first-order chi connectivity index (χ1) is 9.19. The molecule has 1 aromatic carbocycles. The normalized spacial score (nSPS) is 12.4. The molecule has 0 aliphatic carbocycles. The van der Waals surface area contributed by atoms with Gasteiger partial charge >= 0.3 is 0 Å². The molecule has 0 fully saturated rings. The molecular formula is C14H17BrN2OS. The molecule has 1 atom stereocenters. The van der Waals surface area contributed by atoms with Crippen LogP contribution >= 0.6 is 27.3 Å². The van der Waals surface area contributed by atoms with E-state index in [0.717, 1.165) is 27.9 Å². The van der Waals surface area contributed by atoms with Crippen LogP contribution in [0.15, 0.2) is 34.4 Å². The Morgan fingerprint density at radius 1 is 1.47 bits per heavy atom. The summed E-state index contributed by atoms with van der Waals surface area (Å²) in [5.74, 6) is 0.849. The van der Waals surface area contributed by atoms with Crippen LogP contribution in [-0.4, -0.2) is 11.0 Å². The van der Waals surface area contributed by atoms with Gasteiger partial charge in [-0.15, -0.1) is 11.3 Å². The highest BCUT2D eigenvalue weighted by atomic mass is 79.9. The smallest absolute Gasteiger partial charge is 0.134 e. The van der Waals surface area contributed by atoms with Gasteiger partial charge in [0, 0.05) is 12.2 Å². The summed E-state index contributed by atoms with van der Waals surface area (Å²) in [6, 6.07) is 6.36. The molecule has 0 bridgehead atoms. The van der Waals surface area contributed by atoms with E-state index in [2.05, 4.69) is 40.0 Å². The zero-order valence-corrected chi connectivity index (χ0v) is 13.2. The summed E-state index contributed by atoms with van der Waals surface area (Å²) in [5.41, 5.74) is 9.00. The van der Waals surface area contributed by atoms with Crippen LogP contribution in [0.5, 0.6) is 5.75 Å². The van der Waals surface area contributed by atoms with E-state index in [4.69, 9.17) is 10.5 Å². The highest BCUT2D eigenvalue weighted by molar-refractivity contribution is 9.10. The Morgan fingerprint density at radius 3 is 2.95 bits per heavy atom. The van der Waals surface area contributed by atoms with Gasteiger partial charge < -0.3 is 10.5 Å². The van der Waals surface area contributed by atoms with Gasteiger partial charge in [-0.3, -0.25) is 4.98 Å². The van der Waals surface area contributed by atoms with Gasteiger partial charge in [-0.1, -0.05) is 13.0 Å². The van der Waals surface area contributed by atoms with Crippen LogP contribution in [0.1, 0.15) is 23.8 Å². The molecule has 5 heteroatoms. The molecule has 1 heterocycles. The summed E-state index contributed by atoms with van der Waals surface area (Å²) in [7, 11) is 0. The number of benzene rings is 1. The Hall–Kier alpha value is -0.910. The Morgan fingerprint density at radius 2 is 2.32 bits per heavy atom. The van der Waals surface area contributed by atoms with E-state index in [9.17, 15) is 0 Å². The predicted octanol–water partition coefficient (Wildman–Crippen LogP) is 3.76. The van der Waals surface area contributed by atoms with Crippen LogP contribution in [0, 0.1) is 0 Å². The lowest BCUT2D eigenvalue weighted by Crippen LogP contribution is -2.21. The maximum Gasteiger partial charge on any atom is 0.134 e. The lowest BCUT2D eigenvalue weighted by atomic mass is 10.0. The van der Waals surface area contributed by atoms with Crippen molar-refractivity contribution in [2.24, 2.45) is 5.73 Å². The van der Waals surface area contributed by atoms with Gasteiger partial charge in [0.2, 0.25) is 0 Å². The highest BCUT2D eigenvalue weighted by Crippen LogP contribution is 2.27. The number of aromatic nitrogens is 1. The monoisotopic (exact) mass is 340 g/mol. The second kappa shape index (κ2) is 7.03. The van der Waals surface area contributed by atoms with Gasteiger partial charge in [0.25, 0.3) is 0 Å². The first kappa shape index (κ1) is 14.5. The van der Waals surface area contributed by atoms with E-state index < -0.39 is 0 Å². The van der Waals surface area contributed by atoms with E-state index in [-0.39, 0.29) is 6.04 Å². The number of hydrogen-bond acceptors (Lipinski definition) is 4. The molecule has 2 rings (SSSR count). The van der Waals surface area contributed by atoms with Gasteiger partial charge in [-0.05, 0) is 46.5 Å². The Labute approximate surface area is 125 Å². The molecule has 0 saturated heterocycles. The van der Waals surface area contributed by atoms with Crippen LogP contribution in [-0.2, 0) is 13.0 Å². The minimum absolute atomic E-state index is 0.218. The van der Waals surface area contributed by atoms with Crippen LogP contribution in [0.2, 0.25) is 0 Å². The molecule has 0 aliphatic heterocycles. The van der Waals surface area contributed by atoms with E-state index in [1.807, 2.05) is 17.8 Å². The van der Waals surface area contributed by atoms with Gasteiger partial charge in [0.05, 0.1) is 14.9 Å². The standard InChI is InChI=1S/C14H17BrN2OS/c1-2-11(16)5-10-3-4-14(13(15)6-10)18-8-12-7-17-9-19-12/h3-4,6-7,9,11H,2,5,8,16H2,1H3. The largest absolute Gasteiger partial charge is 0.487 e. The summed E-state index contributed by atoms with van der Waals surface area (Å²) in [6.45, 7) is 2.66. The average Bonchev–Trinajstić information content (AvgIpc) is 2.91. The third-order valence-corrected chi connectivity index (χ3v) is 4.24. The van der Waals surface area contributed by atoms with Crippen molar-refractivity contribution in [1.29, 1.82) is 0 Å². The van der Waals surface area contributed by atoms with E-state index in [1.54, 1.807) is 11.3 Å². The van der Waals surface area contributed by atoms with E-state index in [0.29, 0.717) is 6.61 Å². The fourth-order valence-corrected chi connectivity index (χ4v) is 2.74. The van der Waals surface area contributed by atoms with Crippen LogP contribution < -0.4 is 10.5 Å². The molecule has 1 unspecified atom stereocenters. The van der Waals surface area contributed by atoms with Crippen molar-refractivity contribution in [2.75, 3.05) is 0 Å². The maximum atomic E-state index is 5.96. The molecule has 2 aromatic rings. The predicted molar refractivity (Wildman–Crippen MR) is 82.6 cm³/mol. The number of nitrogens with two attached hydrogens (primary N) is 1. The molecule has 0 spiro atoms. The Balaban J connectivity index is 1.98. The van der Waals surface area contributed by atoms with Crippen LogP contribution in [0.4, 0.5) is 0 Å². The van der Waals surface area contributed by atoms with Gasteiger partial charge in [-0.2, -0.15) is 0 Å². The number of thiazole rings is 1. The van der Waals surface area contributed by atoms with E-state index in [1.165, 1.54) is 5.56 Å². The molecule has 0 radical (unpaired) electrons. The SMILES string of the molecule is CCC(N)Cc1ccc(OCc2cncs2)c(Br)c1. The van der Waals surface area contributed by atoms with Gasteiger partial charge in [0.15, 0.2) is 0 Å². The van der Waals surface area contributed by atoms with Gasteiger partial charge in [0.1, 0.15) is 12.4 Å². The third-order valence-electron chi connectivity index (χ3n) is 2.87. The molecule has 0 aliphatic rings. The molecule has 2 N–H and O–H groups in total. The fourth-order valence-electron chi connectivity index (χ4n) is 1.70.